The molecule has 0 amide bonds. The molecule has 1 heterocycles. The summed E-state index contributed by atoms with van der Waals surface area (Å²) in [5.74, 6) is 0.0972. The second-order valence-electron chi connectivity index (χ2n) is 3.57. The largest absolute Gasteiger partial charge is 0.469 e. The first-order chi connectivity index (χ1) is 5.28. The SMILES string of the molecule is COC(=O)[C@H]1CNCC12CC2. The molecule has 0 aromatic carbocycles. The molecule has 3 heteroatoms. The first kappa shape index (κ1) is 7.10. The van der Waals surface area contributed by atoms with E-state index in [0.717, 1.165) is 13.1 Å². The fraction of sp³-hybridized carbons (Fsp3) is 0.875. The molecule has 0 aromatic heterocycles. The Hall–Kier alpha value is -0.570. The van der Waals surface area contributed by atoms with Gasteiger partial charge in [0.25, 0.3) is 0 Å². The van der Waals surface area contributed by atoms with Crippen LogP contribution in [0.15, 0.2) is 0 Å². The van der Waals surface area contributed by atoms with Gasteiger partial charge in [-0.3, -0.25) is 4.79 Å². The molecular weight excluding hydrogens is 142 g/mol. The molecule has 2 aliphatic rings. The second-order valence-corrected chi connectivity index (χ2v) is 3.57. The van der Waals surface area contributed by atoms with Crippen LogP contribution in [0.25, 0.3) is 0 Å². The minimum Gasteiger partial charge on any atom is -0.469 e. The molecule has 1 aliphatic carbocycles. The normalized spacial score (nSPS) is 32.3. The number of ether oxygens (including phenoxy) is 1. The number of rotatable bonds is 1. The third-order valence-corrected chi connectivity index (χ3v) is 2.94. The Balaban J connectivity index is 2.08. The minimum absolute atomic E-state index is 0.0347. The van der Waals surface area contributed by atoms with Crippen molar-refractivity contribution in [2.75, 3.05) is 20.2 Å². The van der Waals surface area contributed by atoms with Crippen molar-refractivity contribution in [1.29, 1.82) is 0 Å². The van der Waals surface area contributed by atoms with E-state index >= 15 is 0 Å². The molecule has 0 radical (unpaired) electrons. The number of methoxy groups -OCH3 is 1. The number of esters is 1. The molecule has 0 aromatic rings. The number of carbonyl (C=O) groups excluding carboxylic acids is 1. The van der Waals surface area contributed by atoms with Gasteiger partial charge in [-0.05, 0) is 18.3 Å². The Labute approximate surface area is 66.1 Å². The fourth-order valence-electron chi connectivity index (χ4n) is 1.97. The molecule has 11 heavy (non-hydrogen) atoms. The summed E-state index contributed by atoms with van der Waals surface area (Å²) in [7, 11) is 1.47. The quantitative estimate of drug-likeness (QED) is 0.548. The Morgan fingerprint density at radius 1 is 1.64 bits per heavy atom. The van der Waals surface area contributed by atoms with Crippen LogP contribution in [-0.2, 0) is 9.53 Å². The van der Waals surface area contributed by atoms with Crippen molar-refractivity contribution < 1.29 is 9.53 Å². The van der Waals surface area contributed by atoms with Crippen LogP contribution >= 0.6 is 0 Å². The first-order valence-corrected chi connectivity index (χ1v) is 4.07. The Bertz CT molecular complexity index is 187. The van der Waals surface area contributed by atoms with Gasteiger partial charge in [0, 0.05) is 13.1 Å². The van der Waals surface area contributed by atoms with Crippen LogP contribution in [0.4, 0.5) is 0 Å². The molecular formula is C8H13NO2. The van der Waals surface area contributed by atoms with Gasteiger partial charge in [-0.1, -0.05) is 0 Å². The zero-order valence-electron chi connectivity index (χ0n) is 6.72. The van der Waals surface area contributed by atoms with Crippen molar-refractivity contribution in [2.45, 2.75) is 12.8 Å². The van der Waals surface area contributed by atoms with Crippen LogP contribution in [0.5, 0.6) is 0 Å². The highest BCUT2D eigenvalue weighted by molar-refractivity contribution is 5.74. The lowest BCUT2D eigenvalue weighted by Crippen LogP contribution is -2.24. The Morgan fingerprint density at radius 3 is 2.91 bits per heavy atom. The van der Waals surface area contributed by atoms with E-state index in [1.165, 1.54) is 20.0 Å². The van der Waals surface area contributed by atoms with Gasteiger partial charge in [0.05, 0.1) is 13.0 Å². The maximum atomic E-state index is 11.2. The lowest BCUT2D eigenvalue weighted by atomic mass is 9.93. The summed E-state index contributed by atoms with van der Waals surface area (Å²) in [4.78, 5) is 11.2. The maximum Gasteiger partial charge on any atom is 0.310 e. The number of nitrogens with one attached hydrogen (secondary N) is 1. The van der Waals surface area contributed by atoms with Crippen molar-refractivity contribution in [1.82, 2.24) is 5.32 Å². The summed E-state index contributed by atoms with van der Waals surface area (Å²) >= 11 is 0. The van der Waals surface area contributed by atoms with Crippen molar-refractivity contribution in [3.63, 3.8) is 0 Å². The molecule has 1 atom stereocenters. The number of hydrogen-bond acceptors (Lipinski definition) is 3. The molecule has 1 N–H and O–H groups in total. The predicted octanol–water partition coefficient (Wildman–Crippen LogP) is 0.159. The van der Waals surface area contributed by atoms with E-state index in [0.29, 0.717) is 5.41 Å². The van der Waals surface area contributed by atoms with Gasteiger partial charge in [0.2, 0.25) is 0 Å². The molecule has 2 fully saturated rings. The van der Waals surface area contributed by atoms with E-state index in [1.807, 2.05) is 0 Å². The van der Waals surface area contributed by atoms with E-state index in [4.69, 9.17) is 4.74 Å². The zero-order valence-corrected chi connectivity index (χ0v) is 6.72. The molecule has 1 saturated carbocycles. The Kier molecular flexibility index (Phi) is 1.42. The highest BCUT2D eigenvalue weighted by Crippen LogP contribution is 2.54. The highest BCUT2D eigenvalue weighted by Gasteiger charge is 2.55. The molecule has 0 bridgehead atoms. The van der Waals surface area contributed by atoms with Gasteiger partial charge in [-0.15, -0.1) is 0 Å². The summed E-state index contributed by atoms with van der Waals surface area (Å²) in [5.41, 5.74) is 0.299. The smallest absolute Gasteiger partial charge is 0.310 e. The third kappa shape index (κ3) is 0.948. The average Bonchev–Trinajstić information content (AvgIpc) is 2.63. The van der Waals surface area contributed by atoms with E-state index in [1.54, 1.807) is 0 Å². The maximum absolute atomic E-state index is 11.2. The minimum atomic E-state index is -0.0347. The summed E-state index contributed by atoms with van der Waals surface area (Å²) in [6, 6.07) is 0. The van der Waals surface area contributed by atoms with Crippen LogP contribution in [0.2, 0.25) is 0 Å². The molecule has 1 saturated heterocycles. The topological polar surface area (TPSA) is 38.3 Å². The van der Waals surface area contributed by atoms with Crippen LogP contribution < -0.4 is 5.32 Å². The van der Waals surface area contributed by atoms with E-state index in [9.17, 15) is 4.79 Å². The Morgan fingerprint density at radius 2 is 2.36 bits per heavy atom. The van der Waals surface area contributed by atoms with Gasteiger partial charge in [0.1, 0.15) is 0 Å². The monoisotopic (exact) mass is 155 g/mol. The van der Waals surface area contributed by atoms with E-state index in [-0.39, 0.29) is 11.9 Å². The highest BCUT2D eigenvalue weighted by atomic mass is 16.5. The van der Waals surface area contributed by atoms with E-state index in [2.05, 4.69) is 5.32 Å². The molecule has 1 aliphatic heterocycles. The van der Waals surface area contributed by atoms with Gasteiger partial charge < -0.3 is 10.1 Å². The lowest BCUT2D eigenvalue weighted by Gasteiger charge is -2.13. The van der Waals surface area contributed by atoms with Crippen LogP contribution in [0, 0.1) is 11.3 Å². The van der Waals surface area contributed by atoms with Crippen LogP contribution in [0.3, 0.4) is 0 Å². The standard InChI is InChI=1S/C8H13NO2/c1-11-7(10)6-4-9-5-8(6)2-3-8/h6,9H,2-5H2,1H3/t6-/m1/s1. The fourth-order valence-corrected chi connectivity index (χ4v) is 1.97. The van der Waals surface area contributed by atoms with Crippen molar-refractivity contribution in [3.8, 4) is 0 Å². The number of carbonyl (C=O) groups is 1. The molecule has 1 spiro atoms. The summed E-state index contributed by atoms with van der Waals surface area (Å²) in [6.07, 6.45) is 2.39. The van der Waals surface area contributed by atoms with Gasteiger partial charge in [-0.2, -0.15) is 0 Å². The van der Waals surface area contributed by atoms with Gasteiger partial charge in [0.15, 0.2) is 0 Å². The van der Waals surface area contributed by atoms with Gasteiger partial charge >= 0.3 is 5.97 Å². The zero-order chi connectivity index (χ0) is 7.90. The van der Waals surface area contributed by atoms with Crippen molar-refractivity contribution >= 4 is 5.97 Å². The van der Waals surface area contributed by atoms with Gasteiger partial charge in [-0.25, -0.2) is 0 Å². The molecule has 3 nitrogen and oxygen atoms in total. The number of hydrogen-bond donors (Lipinski definition) is 1. The summed E-state index contributed by atoms with van der Waals surface area (Å²) < 4.78 is 4.73. The molecule has 62 valence electrons. The van der Waals surface area contributed by atoms with E-state index < -0.39 is 0 Å². The van der Waals surface area contributed by atoms with Crippen LogP contribution in [0.1, 0.15) is 12.8 Å². The predicted molar refractivity (Wildman–Crippen MR) is 40.0 cm³/mol. The summed E-state index contributed by atoms with van der Waals surface area (Å²) in [5, 5.41) is 3.24. The molecule has 0 unspecified atom stereocenters. The summed E-state index contributed by atoms with van der Waals surface area (Å²) in [6.45, 7) is 1.82. The van der Waals surface area contributed by atoms with Crippen molar-refractivity contribution in [2.24, 2.45) is 11.3 Å². The molecule has 2 rings (SSSR count). The first-order valence-electron chi connectivity index (χ1n) is 4.07. The third-order valence-electron chi connectivity index (χ3n) is 2.94. The lowest BCUT2D eigenvalue weighted by molar-refractivity contribution is -0.146. The average molecular weight is 155 g/mol. The second kappa shape index (κ2) is 2.21. The van der Waals surface area contributed by atoms with Crippen molar-refractivity contribution in [3.05, 3.63) is 0 Å². The van der Waals surface area contributed by atoms with Crippen LogP contribution in [-0.4, -0.2) is 26.2 Å².